The molecule has 1 rings (SSSR count). The Morgan fingerprint density at radius 3 is 2.38 bits per heavy atom. The van der Waals surface area contributed by atoms with Crippen LogP contribution in [-0.2, 0) is 4.79 Å². The standard InChI is InChI=1S/C17H25NO3/c1-2-3-4-8-12-18(13-11-17(20)21)14-16(19)15-9-6-5-7-10-15/h5-7,9-10H,2-4,8,11-14H2,1H3,(H,20,21). The van der Waals surface area contributed by atoms with Gasteiger partial charge in [-0.1, -0.05) is 56.5 Å². The summed E-state index contributed by atoms with van der Waals surface area (Å²) in [6.07, 6.45) is 4.56. The average Bonchev–Trinajstić information content (AvgIpc) is 2.49. The Labute approximate surface area is 126 Å². The molecule has 1 aromatic carbocycles. The van der Waals surface area contributed by atoms with E-state index in [1.54, 1.807) is 12.1 Å². The first-order valence-corrected chi connectivity index (χ1v) is 7.66. The van der Waals surface area contributed by atoms with Crippen molar-refractivity contribution in [1.82, 2.24) is 4.90 Å². The number of unbranched alkanes of at least 4 members (excludes halogenated alkanes) is 3. The summed E-state index contributed by atoms with van der Waals surface area (Å²) < 4.78 is 0. The smallest absolute Gasteiger partial charge is 0.304 e. The normalized spacial score (nSPS) is 10.8. The van der Waals surface area contributed by atoms with E-state index in [0.717, 1.165) is 25.8 Å². The van der Waals surface area contributed by atoms with Crippen molar-refractivity contribution in [2.24, 2.45) is 0 Å². The van der Waals surface area contributed by atoms with Crippen LogP contribution in [0.3, 0.4) is 0 Å². The summed E-state index contributed by atoms with van der Waals surface area (Å²) in [7, 11) is 0. The zero-order chi connectivity index (χ0) is 15.5. The van der Waals surface area contributed by atoms with Crippen LogP contribution in [-0.4, -0.2) is 41.4 Å². The van der Waals surface area contributed by atoms with Crippen molar-refractivity contribution in [3.05, 3.63) is 35.9 Å². The summed E-state index contributed by atoms with van der Waals surface area (Å²) >= 11 is 0. The zero-order valence-electron chi connectivity index (χ0n) is 12.8. The van der Waals surface area contributed by atoms with E-state index in [4.69, 9.17) is 5.11 Å². The molecule has 1 N–H and O–H groups in total. The molecule has 0 atom stereocenters. The van der Waals surface area contributed by atoms with Crippen molar-refractivity contribution in [1.29, 1.82) is 0 Å². The molecule has 0 aliphatic rings. The maximum absolute atomic E-state index is 12.2. The van der Waals surface area contributed by atoms with E-state index in [2.05, 4.69) is 6.92 Å². The van der Waals surface area contributed by atoms with Crippen molar-refractivity contribution < 1.29 is 14.7 Å². The van der Waals surface area contributed by atoms with E-state index < -0.39 is 5.97 Å². The first-order valence-electron chi connectivity index (χ1n) is 7.66. The molecule has 0 saturated carbocycles. The Hall–Kier alpha value is -1.68. The Balaban J connectivity index is 2.50. The van der Waals surface area contributed by atoms with Gasteiger partial charge in [-0.15, -0.1) is 0 Å². The highest BCUT2D eigenvalue weighted by molar-refractivity contribution is 5.97. The molecule has 4 heteroatoms. The maximum Gasteiger partial charge on any atom is 0.304 e. The number of ketones is 1. The number of carboxylic acid groups (broad SMARTS) is 1. The maximum atomic E-state index is 12.2. The van der Waals surface area contributed by atoms with Crippen LogP contribution >= 0.6 is 0 Å². The van der Waals surface area contributed by atoms with E-state index in [9.17, 15) is 9.59 Å². The highest BCUT2D eigenvalue weighted by atomic mass is 16.4. The number of carbonyl (C=O) groups is 2. The molecule has 0 spiro atoms. The first-order chi connectivity index (χ1) is 10.1. The van der Waals surface area contributed by atoms with Gasteiger partial charge in [0.25, 0.3) is 0 Å². The van der Waals surface area contributed by atoms with Gasteiger partial charge in [-0.3, -0.25) is 14.5 Å². The molecular formula is C17H25NO3. The van der Waals surface area contributed by atoms with Gasteiger partial charge in [-0.25, -0.2) is 0 Å². The molecule has 1 aromatic rings. The number of nitrogens with zero attached hydrogens (tertiary/aromatic N) is 1. The quantitative estimate of drug-likeness (QED) is 0.502. The van der Waals surface area contributed by atoms with Crippen LogP contribution in [0.15, 0.2) is 30.3 Å². The van der Waals surface area contributed by atoms with Crippen LogP contribution in [0.2, 0.25) is 0 Å². The van der Waals surface area contributed by atoms with Crippen molar-refractivity contribution in [2.45, 2.75) is 39.0 Å². The van der Waals surface area contributed by atoms with Gasteiger partial charge in [0.15, 0.2) is 5.78 Å². The molecule has 116 valence electrons. The number of hydrogen-bond donors (Lipinski definition) is 1. The second-order valence-corrected chi connectivity index (χ2v) is 5.27. The van der Waals surface area contributed by atoms with Crippen molar-refractivity contribution >= 4 is 11.8 Å². The summed E-state index contributed by atoms with van der Waals surface area (Å²) in [5.74, 6) is -0.766. The number of benzene rings is 1. The van der Waals surface area contributed by atoms with Gasteiger partial charge in [0.2, 0.25) is 0 Å². The lowest BCUT2D eigenvalue weighted by Gasteiger charge is -2.20. The molecule has 0 aliphatic carbocycles. The minimum absolute atomic E-state index is 0.0523. The molecule has 0 aromatic heterocycles. The topological polar surface area (TPSA) is 57.6 Å². The highest BCUT2D eigenvalue weighted by Crippen LogP contribution is 2.06. The lowest BCUT2D eigenvalue weighted by Crippen LogP contribution is -2.33. The number of Topliss-reactive ketones (excluding diaryl/α,β-unsaturated/α-hetero) is 1. The van der Waals surface area contributed by atoms with Crippen LogP contribution in [0.1, 0.15) is 49.4 Å². The number of aliphatic carboxylic acids is 1. The third kappa shape index (κ3) is 7.61. The molecule has 0 fully saturated rings. The lowest BCUT2D eigenvalue weighted by atomic mass is 10.1. The molecule has 0 unspecified atom stereocenters. The Morgan fingerprint density at radius 1 is 1.05 bits per heavy atom. The van der Waals surface area contributed by atoms with E-state index in [-0.39, 0.29) is 12.2 Å². The van der Waals surface area contributed by atoms with Crippen molar-refractivity contribution in [3.8, 4) is 0 Å². The molecule has 0 heterocycles. The number of rotatable bonds is 11. The summed E-state index contributed by atoms with van der Waals surface area (Å²) in [5.41, 5.74) is 0.686. The molecular weight excluding hydrogens is 266 g/mol. The average molecular weight is 291 g/mol. The van der Waals surface area contributed by atoms with Crippen molar-refractivity contribution in [2.75, 3.05) is 19.6 Å². The number of carbonyl (C=O) groups excluding carboxylic acids is 1. The predicted octanol–water partition coefficient (Wildman–Crippen LogP) is 3.23. The fourth-order valence-electron chi connectivity index (χ4n) is 2.20. The second kappa shape index (κ2) is 10.1. The van der Waals surface area contributed by atoms with E-state index >= 15 is 0 Å². The fourth-order valence-corrected chi connectivity index (χ4v) is 2.20. The van der Waals surface area contributed by atoms with Gasteiger partial charge >= 0.3 is 5.97 Å². The van der Waals surface area contributed by atoms with E-state index in [0.29, 0.717) is 18.7 Å². The third-order valence-electron chi connectivity index (χ3n) is 3.43. The molecule has 0 radical (unpaired) electrons. The van der Waals surface area contributed by atoms with Gasteiger partial charge in [0.05, 0.1) is 13.0 Å². The highest BCUT2D eigenvalue weighted by Gasteiger charge is 2.13. The van der Waals surface area contributed by atoms with Crippen LogP contribution in [0.5, 0.6) is 0 Å². The van der Waals surface area contributed by atoms with Gasteiger partial charge in [-0.2, -0.15) is 0 Å². The zero-order valence-corrected chi connectivity index (χ0v) is 12.8. The number of carboxylic acids is 1. The second-order valence-electron chi connectivity index (χ2n) is 5.27. The van der Waals surface area contributed by atoms with E-state index in [1.807, 2.05) is 23.1 Å². The van der Waals surface area contributed by atoms with Crippen LogP contribution in [0.25, 0.3) is 0 Å². The fraction of sp³-hybridized carbons (Fsp3) is 0.529. The summed E-state index contributed by atoms with van der Waals surface area (Å²) in [5, 5.41) is 8.81. The van der Waals surface area contributed by atoms with Gasteiger partial charge in [0, 0.05) is 12.1 Å². The Morgan fingerprint density at radius 2 is 1.76 bits per heavy atom. The minimum atomic E-state index is -0.819. The molecule has 0 saturated heterocycles. The summed E-state index contributed by atoms with van der Waals surface area (Å²) in [4.78, 5) is 24.9. The molecule has 0 amide bonds. The Bertz CT molecular complexity index is 431. The minimum Gasteiger partial charge on any atom is -0.481 e. The van der Waals surface area contributed by atoms with Gasteiger partial charge < -0.3 is 5.11 Å². The first kappa shape index (κ1) is 17.4. The SMILES string of the molecule is CCCCCCN(CCC(=O)O)CC(=O)c1ccccc1. The predicted molar refractivity (Wildman–Crippen MR) is 83.6 cm³/mol. The summed E-state index contributed by atoms with van der Waals surface area (Å²) in [6, 6.07) is 9.17. The van der Waals surface area contributed by atoms with E-state index in [1.165, 1.54) is 6.42 Å². The van der Waals surface area contributed by atoms with Crippen LogP contribution in [0.4, 0.5) is 0 Å². The summed E-state index contributed by atoms with van der Waals surface area (Å²) in [6.45, 7) is 3.66. The lowest BCUT2D eigenvalue weighted by molar-refractivity contribution is -0.137. The van der Waals surface area contributed by atoms with Gasteiger partial charge in [-0.05, 0) is 13.0 Å². The molecule has 21 heavy (non-hydrogen) atoms. The molecule has 0 aliphatic heterocycles. The monoisotopic (exact) mass is 291 g/mol. The molecule has 0 bridgehead atoms. The molecule has 4 nitrogen and oxygen atoms in total. The number of hydrogen-bond acceptors (Lipinski definition) is 3. The van der Waals surface area contributed by atoms with Gasteiger partial charge in [0.1, 0.15) is 0 Å². The Kier molecular flexibility index (Phi) is 8.36. The van der Waals surface area contributed by atoms with Crippen LogP contribution < -0.4 is 0 Å². The third-order valence-corrected chi connectivity index (χ3v) is 3.43. The van der Waals surface area contributed by atoms with Crippen molar-refractivity contribution in [3.63, 3.8) is 0 Å². The van der Waals surface area contributed by atoms with Crippen LogP contribution in [0, 0.1) is 0 Å². The largest absolute Gasteiger partial charge is 0.481 e.